The van der Waals surface area contributed by atoms with Gasteiger partial charge in [-0.05, 0) is 43.9 Å². The Kier molecular flexibility index (Phi) is 5.33. The van der Waals surface area contributed by atoms with Crippen LogP contribution in [0.25, 0.3) is 0 Å². The first-order valence-corrected chi connectivity index (χ1v) is 11.5. The number of esters is 2. The summed E-state index contributed by atoms with van der Waals surface area (Å²) in [4.78, 5) is 24.3. The SMILES string of the molecule is O=C(CC1OC2(OC1=O)C1CC3CC(C1)CC2C3)OCCC(F)(F)C(F)(F)S(=O)(=O)O. The Hall–Kier alpha value is -1.47. The Bertz CT molecular complexity index is 846. The third kappa shape index (κ3) is 3.71. The van der Waals surface area contributed by atoms with Crippen molar-refractivity contribution in [3.05, 3.63) is 0 Å². The molecule has 4 bridgehead atoms. The molecular weight excluding hydrogens is 452 g/mol. The van der Waals surface area contributed by atoms with Gasteiger partial charge < -0.3 is 14.2 Å². The molecule has 31 heavy (non-hydrogen) atoms. The van der Waals surface area contributed by atoms with Crippen LogP contribution in [0.3, 0.4) is 0 Å². The predicted molar refractivity (Wildman–Crippen MR) is 92.4 cm³/mol. The third-order valence-corrected chi connectivity index (χ3v) is 7.85. The second kappa shape index (κ2) is 7.27. The minimum absolute atomic E-state index is 0.0371. The first-order valence-electron chi connectivity index (χ1n) is 10.0. The van der Waals surface area contributed by atoms with E-state index in [-0.39, 0.29) is 11.8 Å². The number of carbonyl (C=O) groups excluding carboxylic acids is 2. The lowest BCUT2D eigenvalue weighted by atomic mass is 9.53. The maximum Gasteiger partial charge on any atom is 0.431 e. The normalized spacial score (nSPS) is 37.3. The van der Waals surface area contributed by atoms with Crippen LogP contribution in [0.2, 0.25) is 0 Å². The van der Waals surface area contributed by atoms with Crippen LogP contribution in [0.1, 0.15) is 44.9 Å². The molecule has 5 rings (SSSR count). The highest BCUT2D eigenvalue weighted by molar-refractivity contribution is 7.87. The Morgan fingerprint density at radius 3 is 2.16 bits per heavy atom. The fraction of sp³-hybridized carbons (Fsp3) is 0.889. The van der Waals surface area contributed by atoms with E-state index in [0.717, 1.165) is 32.1 Å². The van der Waals surface area contributed by atoms with Gasteiger partial charge in [0.25, 0.3) is 0 Å². The van der Waals surface area contributed by atoms with Gasteiger partial charge >= 0.3 is 33.2 Å². The smallest absolute Gasteiger partial charge is 0.431 e. The van der Waals surface area contributed by atoms with E-state index < -0.39 is 64.6 Å². The van der Waals surface area contributed by atoms with Crippen LogP contribution < -0.4 is 0 Å². The fourth-order valence-electron chi connectivity index (χ4n) is 5.68. The van der Waals surface area contributed by atoms with Gasteiger partial charge in [0.05, 0.1) is 19.4 Å². The molecule has 1 unspecified atom stereocenters. The van der Waals surface area contributed by atoms with Gasteiger partial charge in [-0.3, -0.25) is 9.35 Å². The first-order chi connectivity index (χ1) is 14.2. The summed E-state index contributed by atoms with van der Waals surface area (Å²) in [5.74, 6) is -6.95. The molecule has 0 aromatic rings. The van der Waals surface area contributed by atoms with Crippen LogP contribution in [-0.2, 0) is 33.9 Å². The van der Waals surface area contributed by atoms with Crippen molar-refractivity contribution in [1.29, 1.82) is 0 Å². The lowest BCUT2D eigenvalue weighted by molar-refractivity contribution is -0.290. The van der Waals surface area contributed by atoms with Crippen molar-refractivity contribution in [2.24, 2.45) is 23.7 Å². The molecule has 13 heteroatoms. The molecule has 1 atom stereocenters. The molecule has 0 aromatic carbocycles. The van der Waals surface area contributed by atoms with Crippen LogP contribution in [0.15, 0.2) is 0 Å². The van der Waals surface area contributed by atoms with Gasteiger partial charge in [0.1, 0.15) is 0 Å². The summed E-state index contributed by atoms with van der Waals surface area (Å²) in [6, 6.07) is 0. The molecule has 5 aliphatic rings. The van der Waals surface area contributed by atoms with Crippen LogP contribution in [0.5, 0.6) is 0 Å². The first kappa shape index (κ1) is 22.7. The van der Waals surface area contributed by atoms with Gasteiger partial charge in [-0.1, -0.05) is 0 Å². The van der Waals surface area contributed by atoms with E-state index >= 15 is 0 Å². The molecule has 0 radical (unpaired) electrons. The molecule has 0 aromatic heterocycles. The molecule has 5 fully saturated rings. The summed E-state index contributed by atoms with van der Waals surface area (Å²) in [6.45, 7) is -1.25. The van der Waals surface area contributed by atoms with Gasteiger partial charge in [0, 0.05) is 11.8 Å². The Morgan fingerprint density at radius 2 is 1.65 bits per heavy atom. The average Bonchev–Trinajstić information content (AvgIpc) is 2.95. The second-order valence-corrected chi connectivity index (χ2v) is 10.4. The molecule has 1 spiro atoms. The van der Waals surface area contributed by atoms with Crippen molar-refractivity contribution >= 4 is 22.1 Å². The Morgan fingerprint density at radius 1 is 1.10 bits per heavy atom. The fourth-order valence-corrected chi connectivity index (χ4v) is 6.16. The number of ether oxygens (including phenoxy) is 3. The Balaban J connectivity index is 1.31. The zero-order valence-electron chi connectivity index (χ0n) is 16.3. The molecule has 1 aliphatic heterocycles. The monoisotopic (exact) mass is 474 g/mol. The van der Waals surface area contributed by atoms with E-state index in [1.807, 2.05) is 0 Å². The lowest BCUT2D eigenvalue weighted by Gasteiger charge is -2.57. The van der Waals surface area contributed by atoms with Gasteiger partial charge in [-0.15, -0.1) is 0 Å². The van der Waals surface area contributed by atoms with Crippen molar-refractivity contribution in [1.82, 2.24) is 0 Å². The standard InChI is InChI=1S/C18H22F4O8S/c19-16(20,18(21,22)31(25,26)27)1-2-28-14(23)8-13-15(24)30-17(29-13)11-4-9-3-10(6-11)7-12(17)5-9/h9-13H,1-8H2,(H,25,26,27). The van der Waals surface area contributed by atoms with Crippen molar-refractivity contribution in [2.75, 3.05) is 6.61 Å². The quantitative estimate of drug-likeness (QED) is 0.340. The second-order valence-electron chi connectivity index (χ2n) is 8.92. The highest BCUT2D eigenvalue weighted by Crippen LogP contribution is 2.61. The maximum atomic E-state index is 13.4. The Labute approximate surface area is 175 Å². The van der Waals surface area contributed by atoms with E-state index in [1.54, 1.807) is 0 Å². The molecule has 8 nitrogen and oxygen atoms in total. The lowest BCUT2D eigenvalue weighted by Crippen LogP contribution is -2.58. The number of hydrogen-bond donors (Lipinski definition) is 1. The zero-order chi connectivity index (χ0) is 22.8. The van der Waals surface area contributed by atoms with E-state index in [4.69, 9.17) is 14.0 Å². The van der Waals surface area contributed by atoms with Gasteiger partial charge in [-0.25, -0.2) is 4.79 Å². The minimum Gasteiger partial charge on any atom is -0.465 e. The predicted octanol–water partition coefficient (Wildman–Crippen LogP) is 2.52. The summed E-state index contributed by atoms with van der Waals surface area (Å²) in [5, 5.41) is -5.74. The average molecular weight is 474 g/mol. The van der Waals surface area contributed by atoms with E-state index in [0.29, 0.717) is 11.8 Å². The van der Waals surface area contributed by atoms with E-state index in [9.17, 15) is 35.6 Å². The molecular formula is C18H22F4O8S. The molecule has 1 saturated heterocycles. The number of carbonyl (C=O) groups is 2. The van der Waals surface area contributed by atoms with Crippen LogP contribution in [0, 0.1) is 23.7 Å². The molecule has 176 valence electrons. The number of hydrogen-bond acceptors (Lipinski definition) is 7. The molecule has 4 aliphatic carbocycles. The van der Waals surface area contributed by atoms with E-state index in [1.165, 1.54) is 0 Å². The van der Waals surface area contributed by atoms with Crippen molar-refractivity contribution < 1.29 is 54.3 Å². The highest BCUT2D eigenvalue weighted by atomic mass is 32.2. The highest BCUT2D eigenvalue weighted by Gasteiger charge is 2.66. The third-order valence-electron chi connectivity index (χ3n) is 6.91. The summed E-state index contributed by atoms with van der Waals surface area (Å²) < 4.78 is 98.4. The molecule has 4 saturated carbocycles. The largest absolute Gasteiger partial charge is 0.465 e. The molecule has 0 amide bonds. The van der Waals surface area contributed by atoms with Crippen molar-refractivity contribution in [3.63, 3.8) is 0 Å². The minimum atomic E-state index is -6.37. The van der Waals surface area contributed by atoms with Crippen molar-refractivity contribution in [3.8, 4) is 0 Å². The summed E-state index contributed by atoms with van der Waals surface area (Å²) >= 11 is 0. The number of halogens is 4. The van der Waals surface area contributed by atoms with Crippen LogP contribution in [0.4, 0.5) is 17.6 Å². The summed E-state index contributed by atoms with van der Waals surface area (Å²) in [7, 11) is -6.37. The van der Waals surface area contributed by atoms with Crippen molar-refractivity contribution in [2.45, 2.75) is 68.0 Å². The maximum absolute atomic E-state index is 13.4. The molecule has 1 heterocycles. The van der Waals surface area contributed by atoms with Gasteiger partial charge in [0.2, 0.25) is 5.79 Å². The van der Waals surface area contributed by atoms with Gasteiger partial charge in [-0.2, -0.15) is 26.0 Å². The summed E-state index contributed by atoms with van der Waals surface area (Å²) in [5.41, 5.74) is 0. The summed E-state index contributed by atoms with van der Waals surface area (Å²) in [6.07, 6.45) is 0.857. The van der Waals surface area contributed by atoms with E-state index in [2.05, 4.69) is 4.74 Å². The number of rotatable bonds is 7. The van der Waals surface area contributed by atoms with Gasteiger partial charge in [0.15, 0.2) is 6.10 Å². The number of alkyl halides is 4. The van der Waals surface area contributed by atoms with Crippen LogP contribution in [-0.4, -0.2) is 54.6 Å². The molecule has 1 N–H and O–H groups in total. The topological polar surface area (TPSA) is 116 Å². The zero-order valence-corrected chi connectivity index (χ0v) is 17.1. The van der Waals surface area contributed by atoms with Crippen LogP contribution >= 0.6 is 0 Å².